The van der Waals surface area contributed by atoms with E-state index in [9.17, 15) is 14.9 Å². The highest BCUT2D eigenvalue weighted by atomic mass is 16.6. The lowest BCUT2D eigenvalue weighted by molar-refractivity contribution is -0.402. The summed E-state index contributed by atoms with van der Waals surface area (Å²) in [6.45, 7) is 0. The number of hydrogen-bond donors (Lipinski definition) is 1. The second kappa shape index (κ2) is 5.26. The van der Waals surface area contributed by atoms with Gasteiger partial charge >= 0.3 is 5.88 Å². The van der Waals surface area contributed by atoms with Crippen molar-refractivity contribution in [2.45, 2.75) is 6.42 Å². The predicted molar refractivity (Wildman–Crippen MR) is 51.3 cm³/mol. The molecule has 1 N–H and O–H groups in total. The molecule has 0 atom stereocenters. The molecule has 1 aromatic rings. The highest BCUT2D eigenvalue weighted by molar-refractivity contribution is 5.81. The molecule has 0 unspecified atom stereocenters. The Labute approximate surface area is 89.3 Å². The van der Waals surface area contributed by atoms with E-state index in [1.807, 2.05) is 5.43 Å². The third kappa shape index (κ3) is 3.22. The Morgan fingerprint density at radius 2 is 2.50 bits per heavy atom. The van der Waals surface area contributed by atoms with Crippen molar-refractivity contribution in [2.24, 2.45) is 5.10 Å². The summed E-state index contributed by atoms with van der Waals surface area (Å²) in [5, 5.41) is 21.8. The van der Waals surface area contributed by atoms with Crippen LogP contribution < -0.4 is 5.43 Å². The number of carbonyl (C=O) groups excluding carboxylic acids is 1. The summed E-state index contributed by atoms with van der Waals surface area (Å²) in [6.07, 6.45) is 0.790. The zero-order chi connectivity index (χ0) is 12.0. The molecular formula is C8H6N4O4. The molecule has 0 radical (unpaired) electrons. The minimum Gasteiger partial charge on any atom is -0.400 e. The van der Waals surface area contributed by atoms with Crippen LogP contribution in [0.5, 0.6) is 0 Å². The molecule has 82 valence electrons. The van der Waals surface area contributed by atoms with E-state index in [4.69, 9.17) is 9.68 Å². The number of furan rings is 1. The Bertz CT molecular complexity index is 471. The number of nitro groups is 1. The van der Waals surface area contributed by atoms with Gasteiger partial charge in [-0.3, -0.25) is 14.9 Å². The maximum atomic E-state index is 10.8. The van der Waals surface area contributed by atoms with Gasteiger partial charge in [0.05, 0.1) is 18.4 Å². The van der Waals surface area contributed by atoms with Crippen molar-refractivity contribution in [3.8, 4) is 6.07 Å². The number of hydrazone groups is 1. The molecule has 0 spiro atoms. The third-order valence-electron chi connectivity index (χ3n) is 1.41. The van der Waals surface area contributed by atoms with E-state index in [1.165, 1.54) is 12.1 Å². The lowest BCUT2D eigenvalue weighted by atomic mass is 10.5. The van der Waals surface area contributed by atoms with Crippen molar-refractivity contribution < 1.29 is 14.1 Å². The van der Waals surface area contributed by atoms with Crippen LogP contribution in [0.1, 0.15) is 12.2 Å². The van der Waals surface area contributed by atoms with Crippen LogP contribution in [0.4, 0.5) is 5.88 Å². The van der Waals surface area contributed by atoms with Gasteiger partial charge in [0.2, 0.25) is 0 Å². The fourth-order valence-electron chi connectivity index (χ4n) is 0.789. The number of nitrogens with one attached hydrogen (secondary N) is 1. The number of nitriles is 1. The van der Waals surface area contributed by atoms with Crippen LogP contribution in [-0.4, -0.2) is 17.0 Å². The van der Waals surface area contributed by atoms with Crippen LogP contribution in [0.15, 0.2) is 21.7 Å². The van der Waals surface area contributed by atoms with Crippen LogP contribution in [-0.2, 0) is 4.79 Å². The second-order valence-electron chi connectivity index (χ2n) is 2.56. The predicted octanol–water partition coefficient (Wildman–Crippen LogP) is 0.552. The van der Waals surface area contributed by atoms with Gasteiger partial charge in [-0.1, -0.05) is 0 Å². The smallest absolute Gasteiger partial charge is 0.400 e. The summed E-state index contributed by atoms with van der Waals surface area (Å²) in [6, 6.07) is 4.13. The summed E-state index contributed by atoms with van der Waals surface area (Å²) >= 11 is 0. The quantitative estimate of drug-likeness (QED) is 0.452. The van der Waals surface area contributed by atoms with Crippen LogP contribution in [0.3, 0.4) is 0 Å². The Kier molecular flexibility index (Phi) is 3.74. The molecule has 1 amide bonds. The Morgan fingerprint density at radius 3 is 3.06 bits per heavy atom. The van der Waals surface area contributed by atoms with Crippen LogP contribution in [0.2, 0.25) is 0 Å². The Hall–Kier alpha value is -2.69. The second-order valence-corrected chi connectivity index (χ2v) is 2.56. The average molecular weight is 222 g/mol. The molecule has 0 saturated carbocycles. The van der Waals surface area contributed by atoms with Gasteiger partial charge in [0, 0.05) is 0 Å². The van der Waals surface area contributed by atoms with E-state index in [2.05, 4.69) is 5.10 Å². The Morgan fingerprint density at radius 1 is 1.75 bits per heavy atom. The average Bonchev–Trinajstić information content (AvgIpc) is 2.67. The topological polar surface area (TPSA) is 122 Å². The van der Waals surface area contributed by atoms with E-state index in [-0.39, 0.29) is 12.2 Å². The van der Waals surface area contributed by atoms with Crippen LogP contribution >= 0.6 is 0 Å². The van der Waals surface area contributed by atoms with Gasteiger partial charge in [0.25, 0.3) is 5.91 Å². The first-order valence-corrected chi connectivity index (χ1v) is 4.06. The molecule has 16 heavy (non-hydrogen) atoms. The Balaban J connectivity index is 2.53. The van der Waals surface area contributed by atoms with Gasteiger partial charge in [-0.25, -0.2) is 5.43 Å². The summed E-state index contributed by atoms with van der Waals surface area (Å²) in [4.78, 5) is 20.3. The van der Waals surface area contributed by atoms with Gasteiger partial charge in [0.1, 0.15) is 11.3 Å². The number of rotatable bonds is 4. The zero-order valence-electron chi connectivity index (χ0n) is 7.91. The number of carbonyl (C=O) groups is 1. The molecule has 8 heteroatoms. The molecule has 0 fully saturated rings. The molecule has 0 aliphatic rings. The SMILES string of the molecule is N#CCC(=O)NN=Cc1ccc([N+](=O)[O-])o1. The third-order valence-corrected chi connectivity index (χ3v) is 1.41. The van der Waals surface area contributed by atoms with E-state index < -0.39 is 16.7 Å². The molecule has 0 aromatic carbocycles. The maximum Gasteiger partial charge on any atom is 0.433 e. The van der Waals surface area contributed by atoms with Crippen molar-refractivity contribution in [3.05, 3.63) is 28.0 Å². The van der Waals surface area contributed by atoms with E-state index in [0.717, 1.165) is 6.21 Å². The number of nitrogens with zero attached hydrogens (tertiary/aromatic N) is 3. The first-order chi connectivity index (χ1) is 7.63. The molecule has 1 heterocycles. The molecule has 0 aliphatic carbocycles. The number of amides is 1. The van der Waals surface area contributed by atoms with Crippen molar-refractivity contribution in [3.63, 3.8) is 0 Å². The van der Waals surface area contributed by atoms with Crippen molar-refractivity contribution in [1.82, 2.24) is 5.43 Å². The highest BCUT2D eigenvalue weighted by Crippen LogP contribution is 2.13. The number of hydrogen-bond acceptors (Lipinski definition) is 6. The highest BCUT2D eigenvalue weighted by Gasteiger charge is 2.10. The fraction of sp³-hybridized carbons (Fsp3) is 0.125. The summed E-state index contributed by atoms with van der Waals surface area (Å²) < 4.78 is 4.72. The normalized spacial score (nSPS) is 9.94. The molecule has 0 aliphatic heterocycles. The van der Waals surface area contributed by atoms with Gasteiger partial charge in [-0.15, -0.1) is 0 Å². The van der Waals surface area contributed by atoms with Crippen molar-refractivity contribution >= 4 is 18.0 Å². The standard InChI is InChI=1S/C8H6N4O4/c9-4-3-7(13)11-10-5-6-1-2-8(16-6)12(14)15/h1-2,5H,3H2,(H,11,13). The largest absolute Gasteiger partial charge is 0.433 e. The van der Waals surface area contributed by atoms with E-state index in [0.29, 0.717) is 0 Å². The maximum absolute atomic E-state index is 10.8. The first-order valence-electron chi connectivity index (χ1n) is 4.06. The molecule has 0 bridgehead atoms. The minimum absolute atomic E-state index is 0.129. The minimum atomic E-state index is -0.689. The van der Waals surface area contributed by atoms with Gasteiger partial charge in [-0.05, 0) is 6.07 Å². The zero-order valence-corrected chi connectivity index (χ0v) is 7.91. The molecule has 0 saturated heterocycles. The first kappa shape index (κ1) is 11.4. The summed E-state index contributed by atoms with van der Waals surface area (Å²) in [5.41, 5.74) is 2.05. The summed E-state index contributed by atoms with van der Waals surface area (Å²) in [7, 11) is 0. The molecule has 1 aromatic heterocycles. The van der Waals surface area contributed by atoms with Gasteiger partial charge in [-0.2, -0.15) is 10.4 Å². The van der Waals surface area contributed by atoms with Crippen LogP contribution in [0.25, 0.3) is 0 Å². The monoisotopic (exact) mass is 222 g/mol. The lowest BCUT2D eigenvalue weighted by Crippen LogP contribution is -2.15. The fourth-order valence-corrected chi connectivity index (χ4v) is 0.789. The molecular weight excluding hydrogens is 216 g/mol. The van der Waals surface area contributed by atoms with Gasteiger partial charge in [0.15, 0.2) is 5.76 Å². The van der Waals surface area contributed by atoms with Crippen molar-refractivity contribution in [1.29, 1.82) is 5.26 Å². The van der Waals surface area contributed by atoms with E-state index in [1.54, 1.807) is 6.07 Å². The van der Waals surface area contributed by atoms with Crippen molar-refractivity contribution in [2.75, 3.05) is 0 Å². The lowest BCUT2D eigenvalue weighted by Gasteiger charge is -1.90. The van der Waals surface area contributed by atoms with Gasteiger partial charge < -0.3 is 4.42 Å². The summed E-state index contributed by atoms with van der Waals surface area (Å²) in [5.74, 6) is -0.853. The van der Waals surface area contributed by atoms with E-state index >= 15 is 0 Å². The molecule has 1 rings (SSSR count). The molecule has 8 nitrogen and oxygen atoms in total. The van der Waals surface area contributed by atoms with Crippen LogP contribution in [0, 0.1) is 21.4 Å².